The van der Waals surface area contributed by atoms with Crippen molar-refractivity contribution in [3.8, 4) is 11.3 Å². The summed E-state index contributed by atoms with van der Waals surface area (Å²) in [6, 6.07) is 9.86. The molecule has 1 heterocycles. The summed E-state index contributed by atoms with van der Waals surface area (Å²) in [5, 5.41) is 13.8. The molecule has 0 saturated carbocycles. The summed E-state index contributed by atoms with van der Waals surface area (Å²) in [5.41, 5.74) is 1.78. The zero-order valence-corrected chi connectivity index (χ0v) is 7.77. The smallest absolute Gasteiger partial charge is 0.430 e. The molecule has 2 aliphatic rings. The van der Waals surface area contributed by atoms with Crippen molar-refractivity contribution in [1.82, 2.24) is 9.78 Å². The number of hydrogen-bond donors (Lipinski definition) is 2. The van der Waals surface area contributed by atoms with E-state index in [9.17, 15) is 4.79 Å². The lowest BCUT2D eigenvalue weighted by Gasteiger charge is -1.92. The van der Waals surface area contributed by atoms with Crippen LogP contribution in [0.1, 0.15) is 0 Å². The molecule has 4 heteroatoms. The molecular formula is C11H8N2O2. The number of fused-ring (bicyclic) bond motifs is 3. The van der Waals surface area contributed by atoms with Gasteiger partial charge in [0.05, 0.1) is 5.69 Å². The number of carbonyl (C=O) groups is 1. The number of aromatic amines is 1. The van der Waals surface area contributed by atoms with E-state index in [1.165, 1.54) is 0 Å². The van der Waals surface area contributed by atoms with Gasteiger partial charge in [0.25, 0.3) is 0 Å². The van der Waals surface area contributed by atoms with Crippen LogP contribution in [0.2, 0.25) is 0 Å². The highest BCUT2D eigenvalue weighted by molar-refractivity contribution is 6.00. The molecule has 0 bridgehead atoms. The molecule has 0 fully saturated rings. The van der Waals surface area contributed by atoms with Crippen molar-refractivity contribution in [2.24, 2.45) is 0 Å². The van der Waals surface area contributed by atoms with E-state index in [1.54, 1.807) is 6.20 Å². The fourth-order valence-electron chi connectivity index (χ4n) is 1.87. The number of rotatable bonds is 0. The van der Waals surface area contributed by atoms with Crippen molar-refractivity contribution in [3.05, 3.63) is 36.5 Å². The molecule has 1 aromatic rings. The molecule has 0 aromatic heterocycles. The number of carboxylic acid groups (broad SMARTS) is 1. The van der Waals surface area contributed by atoms with Gasteiger partial charge in [0.15, 0.2) is 0 Å². The fourth-order valence-corrected chi connectivity index (χ4v) is 1.87. The Morgan fingerprint density at radius 3 is 2.93 bits per heavy atom. The van der Waals surface area contributed by atoms with Crippen LogP contribution in [-0.4, -0.2) is 21.0 Å². The Balaban J connectivity index is 2.37. The topological polar surface area (TPSA) is 58.0 Å². The van der Waals surface area contributed by atoms with Gasteiger partial charge in [-0.1, -0.05) is 24.3 Å². The van der Waals surface area contributed by atoms with Crippen molar-refractivity contribution in [1.29, 1.82) is 0 Å². The quantitative estimate of drug-likeness (QED) is 0.586. The largest absolute Gasteiger partial charge is 0.463 e. The first-order valence-electron chi connectivity index (χ1n) is 4.58. The molecule has 2 N–H and O–H groups in total. The van der Waals surface area contributed by atoms with Crippen LogP contribution in [0, 0.1) is 0 Å². The predicted molar refractivity (Wildman–Crippen MR) is 56.3 cm³/mol. The molecule has 1 aliphatic carbocycles. The monoisotopic (exact) mass is 200 g/mol. The number of nitrogens with zero attached hydrogens (tertiary/aromatic N) is 1. The van der Waals surface area contributed by atoms with Crippen molar-refractivity contribution in [2.45, 2.75) is 0 Å². The summed E-state index contributed by atoms with van der Waals surface area (Å²) in [6.45, 7) is 0. The molecule has 1 aromatic carbocycles. The maximum atomic E-state index is 10.7. The van der Waals surface area contributed by atoms with Crippen molar-refractivity contribution < 1.29 is 9.90 Å². The second kappa shape index (κ2) is 2.63. The van der Waals surface area contributed by atoms with Crippen LogP contribution in [0.4, 0.5) is 4.79 Å². The van der Waals surface area contributed by atoms with Gasteiger partial charge in [-0.2, -0.15) is 4.68 Å². The number of hydrogen-bond acceptors (Lipinski definition) is 1. The molecule has 1 aliphatic heterocycles. The number of nitrogens with one attached hydrogen (secondary N) is 1. The lowest BCUT2D eigenvalue weighted by atomic mass is 10.2. The molecule has 15 heavy (non-hydrogen) atoms. The summed E-state index contributed by atoms with van der Waals surface area (Å²) in [4.78, 5) is 10.7. The lowest BCUT2D eigenvalue weighted by Crippen LogP contribution is -2.07. The Morgan fingerprint density at radius 2 is 2.13 bits per heavy atom. The third-order valence-corrected chi connectivity index (χ3v) is 2.54. The highest BCUT2D eigenvalue weighted by atomic mass is 16.4. The van der Waals surface area contributed by atoms with Gasteiger partial charge in [0.2, 0.25) is 0 Å². The fraction of sp³-hybridized carbons (Fsp3) is 0. The molecule has 0 saturated heterocycles. The summed E-state index contributed by atoms with van der Waals surface area (Å²) >= 11 is 0. The van der Waals surface area contributed by atoms with Crippen LogP contribution in [0.25, 0.3) is 22.0 Å². The molecular weight excluding hydrogens is 192 g/mol. The minimum Gasteiger partial charge on any atom is -0.463 e. The summed E-state index contributed by atoms with van der Waals surface area (Å²) in [5.74, 6) is 0. The normalized spacial score (nSPS) is 11.2. The third-order valence-electron chi connectivity index (χ3n) is 2.54. The van der Waals surface area contributed by atoms with E-state index in [-0.39, 0.29) is 0 Å². The van der Waals surface area contributed by atoms with E-state index < -0.39 is 6.09 Å². The summed E-state index contributed by atoms with van der Waals surface area (Å²) in [6.07, 6.45) is 0.577. The van der Waals surface area contributed by atoms with Gasteiger partial charge in [-0.05, 0) is 11.5 Å². The summed E-state index contributed by atoms with van der Waals surface area (Å²) < 4.78 is 1.07. The molecule has 74 valence electrons. The van der Waals surface area contributed by atoms with Crippen LogP contribution in [0.5, 0.6) is 0 Å². The van der Waals surface area contributed by atoms with Crippen LogP contribution >= 0.6 is 0 Å². The minimum absolute atomic E-state index is 0.869. The first-order valence-corrected chi connectivity index (χ1v) is 4.58. The lowest BCUT2D eigenvalue weighted by molar-refractivity contribution is 0.193. The first kappa shape index (κ1) is 8.11. The van der Waals surface area contributed by atoms with E-state index >= 15 is 0 Å². The van der Waals surface area contributed by atoms with E-state index in [1.807, 2.05) is 30.3 Å². The Hall–Kier alpha value is -2.23. The maximum absolute atomic E-state index is 10.7. The molecule has 0 spiro atoms. The predicted octanol–water partition coefficient (Wildman–Crippen LogP) is 2.60. The standard InChI is InChI=1S/C11H8N2O2/c14-11(15)13-6-8-5-7-3-1-2-4-9(7)10(8)12-13/h1-6,12H,(H,14,15). The minimum atomic E-state index is -1.00. The van der Waals surface area contributed by atoms with E-state index in [0.29, 0.717) is 0 Å². The molecule has 0 amide bonds. The van der Waals surface area contributed by atoms with Gasteiger partial charge in [-0.15, -0.1) is 0 Å². The van der Waals surface area contributed by atoms with Crippen LogP contribution in [0.15, 0.2) is 36.5 Å². The SMILES string of the molecule is O=C(O)n1cc2cc3ccccc3c-2[nH]1. The van der Waals surface area contributed by atoms with Gasteiger partial charge in [0, 0.05) is 17.1 Å². The average Bonchev–Trinajstić information content (AvgIpc) is 2.73. The van der Waals surface area contributed by atoms with Crippen molar-refractivity contribution >= 4 is 16.9 Å². The zero-order valence-electron chi connectivity index (χ0n) is 7.77. The molecule has 4 nitrogen and oxygen atoms in total. The molecule has 0 atom stereocenters. The van der Waals surface area contributed by atoms with Gasteiger partial charge in [0.1, 0.15) is 0 Å². The van der Waals surface area contributed by atoms with Crippen molar-refractivity contribution in [2.75, 3.05) is 0 Å². The van der Waals surface area contributed by atoms with Gasteiger partial charge >= 0.3 is 6.09 Å². The van der Waals surface area contributed by atoms with Gasteiger partial charge in [-0.3, -0.25) is 5.10 Å². The van der Waals surface area contributed by atoms with Gasteiger partial charge in [-0.25, -0.2) is 4.79 Å². The molecule has 3 rings (SSSR count). The molecule has 0 radical (unpaired) electrons. The second-order valence-electron chi connectivity index (χ2n) is 3.46. The molecule has 0 unspecified atom stereocenters. The maximum Gasteiger partial charge on any atom is 0.430 e. The van der Waals surface area contributed by atoms with Crippen molar-refractivity contribution in [3.63, 3.8) is 0 Å². The highest BCUT2D eigenvalue weighted by Gasteiger charge is 2.14. The van der Waals surface area contributed by atoms with Crippen LogP contribution in [0.3, 0.4) is 0 Å². The number of benzene rings is 1. The van der Waals surface area contributed by atoms with Crippen LogP contribution < -0.4 is 0 Å². The van der Waals surface area contributed by atoms with E-state index in [2.05, 4.69) is 5.10 Å². The Bertz CT molecular complexity index is 621. The van der Waals surface area contributed by atoms with Crippen LogP contribution in [-0.2, 0) is 0 Å². The zero-order chi connectivity index (χ0) is 10.4. The summed E-state index contributed by atoms with van der Waals surface area (Å²) in [7, 11) is 0. The van der Waals surface area contributed by atoms with E-state index in [0.717, 1.165) is 26.7 Å². The average molecular weight is 200 g/mol. The number of aromatic nitrogens is 2. The second-order valence-corrected chi connectivity index (χ2v) is 3.46. The number of H-pyrrole nitrogens is 1. The van der Waals surface area contributed by atoms with Gasteiger partial charge < -0.3 is 5.11 Å². The Kier molecular flexibility index (Phi) is 1.42. The highest BCUT2D eigenvalue weighted by Crippen LogP contribution is 2.32. The Labute approximate surface area is 85.1 Å². The van der Waals surface area contributed by atoms with E-state index in [4.69, 9.17) is 5.11 Å². The first-order chi connectivity index (χ1) is 7.25. The Morgan fingerprint density at radius 1 is 1.33 bits per heavy atom. The third kappa shape index (κ3) is 1.05.